The van der Waals surface area contributed by atoms with E-state index in [4.69, 9.17) is 4.74 Å². The summed E-state index contributed by atoms with van der Waals surface area (Å²) in [7, 11) is 0. The monoisotopic (exact) mass is 955 g/mol. The summed E-state index contributed by atoms with van der Waals surface area (Å²) in [6, 6.07) is 8.48. The summed E-state index contributed by atoms with van der Waals surface area (Å²) in [5.74, 6) is -1.71. The van der Waals surface area contributed by atoms with E-state index in [9.17, 15) is 24.0 Å². The molecule has 1 spiro atoms. The molecule has 69 heavy (non-hydrogen) atoms. The summed E-state index contributed by atoms with van der Waals surface area (Å²) in [5.41, 5.74) is 1.33. The van der Waals surface area contributed by atoms with E-state index in [0.29, 0.717) is 70.0 Å². The largest absolute Gasteiger partial charge is 0.383 e. The van der Waals surface area contributed by atoms with Gasteiger partial charge in [0.25, 0.3) is 11.8 Å². The number of amides is 5. The van der Waals surface area contributed by atoms with Gasteiger partial charge in [-0.25, -0.2) is 18.7 Å². The number of hydrogen-bond donors (Lipinski definition) is 4. The van der Waals surface area contributed by atoms with Crippen molar-refractivity contribution >= 4 is 52.5 Å². The average Bonchev–Trinajstić information content (AvgIpc) is 3.57. The first kappa shape index (κ1) is 48.2. The summed E-state index contributed by atoms with van der Waals surface area (Å²) in [5, 5.41) is 12.1. The molecule has 5 saturated heterocycles. The fraction of sp³-hybridized carbons (Fsp3) is 0.571. The average molecular weight is 955 g/mol. The SMILES string of the molecule is CC1(C)CCN(Cc2cc(F)c(N3CC(=O)NC4(CCN(c5cc(NCCN6CCN(CCOCCNc7ccc8c(c7)C(=O)N(C7CCC(=O)NC7=O)C8=O)CC6)ncn5)CC4)C3)cc2F)CC1. The Morgan fingerprint density at radius 1 is 0.739 bits per heavy atom. The summed E-state index contributed by atoms with van der Waals surface area (Å²) in [6.45, 7) is 15.9. The van der Waals surface area contributed by atoms with Gasteiger partial charge < -0.3 is 30.5 Å². The predicted octanol–water partition coefficient (Wildman–Crippen LogP) is 2.91. The molecule has 6 aliphatic heterocycles. The van der Waals surface area contributed by atoms with Crippen molar-refractivity contribution in [2.75, 3.05) is 125 Å². The smallest absolute Gasteiger partial charge is 0.262 e. The molecule has 3 aromatic rings. The van der Waals surface area contributed by atoms with Crippen molar-refractivity contribution < 1.29 is 37.5 Å². The zero-order valence-corrected chi connectivity index (χ0v) is 39.7. The molecule has 5 fully saturated rings. The minimum absolute atomic E-state index is 0.0237. The second kappa shape index (κ2) is 20.6. The van der Waals surface area contributed by atoms with Gasteiger partial charge in [-0.15, -0.1) is 0 Å². The lowest BCUT2D eigenvalue weighted by molar-refractivity contribution is -0.136. The highest BCUT2D eigenvalue weighted by molar-refractivity contribution is 6.23. The molecule has 9 rings (SSSR count). The molecule has 20 heteroatoms. The maximum Gasteiger partial charge on any atom is 0.262 e. The first-order chi connectivity index (χ1) is 33.2. The van der Waals surface area contributed by atoms with Gasteiger partial charge in [-0.1, -0.05) is 13.8 Å². The van der Waals surface area contributed by atoms with E-state index in [-0.39, 0.29) is 47.5 Å². The van der Waals surface area contributed by atoms with Crippen LogP contribution in [0.5, 0.6) is 0 Å². The van der Waals surface area contributed by atoms with Gasteiger partial charge in [0.1, 0.15) is 35.6 Å². The quantitative estimate of drug-likeness (QED) is 0.121. The van der Waals surface area contributed by atoms with E-state index >= 15 is 8.78 Å². The van der Waals surface area contributed by atoms with Gasteiger partial charge in [-0.3, -0.25) is 48.9 Å². The Hall–Kier alpha value is -5.83. The van der Waals surface area contributed by atoms with E-state index in [1.807, 2.05) is 6.07 Å². The Kier molecular flexibility index (Phi) is 14.4. The van der Waals surface area contributed by atoms with Crippen molar-refractivity contribution in [1.82, 2.24) is 40.2 Å². The normalized spacial score (nSPS) is 22.2. The van der Waals surface area contributed by atoms with Crippen LogP contribution in [-0.4, -0.2) is 176 Å². The minimum atomic E-state index is -0.998. The van der Waals surface area contributed by atoms with Gasteiger partial charge in [-0.2, -0.15) is 0 Å². The molecule has 6 aliphatic rings. The fourth-order valence-corrected chi connectivity index (χ4v) is 10.4. The number of carbonyl (C=O) groups excluding carboxylic acids is 5. The number of benzene rings is 2. The van der Waals surface area contributed by atoms with Crippen molar-refractivity contribution in [1.29, 1.82) is 0 Å². The van der Waals surface area contributed by atoms with Gasteiger partial charge in [-0.05, 0) is 74.9 Å². The lowest BCUT2D eigenvalue weighted by atomic mass is 9.82. The van der Waals surface area contributed by atoms with Crippen molar-refractivity contribution in [3.05, 3.63) is 71.1 Å². The van der Waals surface area contributed by atoms with Crippen LogP contribution in [0.4, 0.5) is 31.8 Å². The molecule has 0 bridgehead atoms. The molecule has 1 atom stereocenters. The minimum Gasteiger partial charge on any atom is -0.383 e. The van der Waals surface area contributed by atoms with Crippen LogP contribution in [-0.2, 0) is 25.7 Å². The third kappa shape index (κ3) is 11.3. The Labute approximate surface area is 401 Å². The molecule has 370 valence electrons. The third-order valence-electron chi connectivity index (χ3n) is 14.8. The second-order valence-electron chi connectivity index (χ2n) is 20.1. The number of nitrogens with zero attached hydrogens (tertiary/aromatic N) is 8. The zero-order valence-electron chi connectivity index (χ0n) is 39.7. The maximum absolute atomic E-state index is 15.7. The van der Waals surface area contributed by atoms with Crippen LogP contribution in [0, 0.1) is 17.0 Å². The maximum atomic E-state index is 15.7. The lowest BCUT2D eigenvalue weighted by Crippen LogP contribution is -2.66. The highest BCUT2D eigenvalue weighted by Crippen LogP contribution is 2.35. The number of piperazine rings is 2. The van der Waals surface area contributed by atoms with Crippen LogP contribution in [0.25, 0.3) is 0 Å². The number of halogens is 2. The molecule has 5 amide bonds. The van der Waals surface area contributed by atoms with E-state index in [0.717, 1.165) is 88.3 Å². The number of nitrogens with one attached hydrogen (secondary N) is 4. The second-order valence-corrected chi connectivity index (χ2v) is 20.1. The van der Waals surface area contributed by atoms with Crippen molar-refractivity contribution in [2.24, 2.45) is 5.41 Å². The summed E-state index contributed by atoms with van der Waals surface area (Å²) in [6.07, 6.45) is 5.06. The standard InChI is InChI=1S/C49H64F2N12O6/c1-48(2)7-13-60(14-8-48)29-33-25-38(51)40(27-37(33)50)62-30-44(65)57-49(31-62)9-15-61(16-10-49)42-28-41(54-32-55-42)53-11-17-58-18-20-59(21-19-58)22-24-69-23-12-52-34-3-4-35-36(26-34)47(68)63(46(35)67)39-5-6-43(64)56-45(39)66/h3-4,25-28,32,39,52H,5-24,29-31H2,1-2H3,(H,57,65)(H,53,54,55)(H,56,64,66). The van der Waals surface area contributed by atoms with Crippen LogP contribution >= 0.6 is 0 Å². The van der Waals surface area contributed by atoms with Gasteiger partial charge >= 0.3 is 0 Å². The first-order valence-electron chi connectivity index (χ1n) is 24.4. The molecular weight excluding hydrogens is 891 g/mol. The molecule has 0 radical (unpaired) electrons. The molecule has 18 nitrogen and oxygen atoms in total. The Morgan fingerprint density at radius 2 is 1.48 bits per heavy atom. The third-order valence-corrected chi connectivity index (χ3v) is 14.8. The first-order valence-corrected chi connectivity index (χ1v) is 24.4. The van der Waals surface area contributed by atoms with Crippen LogP contribution in [0.3, 0.4) is 0 Å². The van der Waals surface area contributed by atoms with Crippen molar-refractivity contribution in [2.45, 2.75) is 70.5 Å². The van der Waals surface area contributed by atoms with Gasteiger partial charge in [0.15, 0.2) is 0 Å². The topological polar surface area (TPSA) is 188 Å². The lowest BCUT2D eigenvalue weighted by Gasteiger charge is -2.48. The summed E-state index contributed by atoms with van der Waals surface area (Å²) in [4.78, 5) is 83.9. The van der Waals surface area contributed by atoms with Gasteiger partial charge in [0.05, 0.1) is 42.1 Å². The molecule has 4 N–H and O–H groups in total. The molecule has 0 saturated carbocycles. The number of rotatable bonds is 16. The van der Waals surface area contributed by atoms with E-state index in [1.54, 1.807) is 29.4 Å². The van der Waals surface area contributed by atoms with Crippen molar-refractivity contribution in [3.63, 3.8) is 0 Å². The molecular formula is C49H64F2N12O6. The number of ether oxygens (including phenoxy) is 1. The van der Waals surface area contributed by atoms with E-state index in [2.05, 4.69) is 64.7 Å². The highest BCUT2D eigenvalue weighted by atomic mass is 19.1. The van der Waals surface area contributed by atoms with E-state index < -0.39 is 46.8 Å². The van der Waals surface area contributed by atoms with Crippen LogP contribution in [0.1, 0.15) is 78.7 Å². The molecule has 1 aromatic heterocycles. The van der Waals surface area contributed by atoms with Gasteiger partial charge in [0, 0.05) is 108 Å². The number of likely N-dealkylation sites (tertiary alicyclic amines) is 1. The van der Waals surface area contributed by atoms with Crippen LogP contribution in [0.2, 0.25) is 0 Å². The van der Waals surface area contributed by atoms with Crippen molar-refractivity contribution in [3.8, 4) is 0 Å². The number of carbonyl (C=O) groups is 5. The number of fused-ring (bicyclic) bond motifs is 1. The molecule has 0 aliphatic carbocycles. The number of imide groups is 2. The number of hydrogen-bond acceptors (Lipinski definition) is 15. The van der Waals surface area contributed by atoms with Crippen LogP contribution < -0.4 is 31.1 Å². The van der Waals surface area contributed by atoms with Gasteiger partial charge in [0.2, 0.25) is 17.7 Å². The molecule has 2 aromatic carbocycles. The summed E-state index contributed by atoms with van der Waals surface area (Å²) >= 11 is 0. The highest BCUT2D eigenvalue weighted by Gasteiger charge is 2.45. The predicted molar refractivity (Wildman–Crippen MR) is 255 cm³/mol. The van der Waals surface area contributed by atoms with Crippen LogP contribution in [0.15, 0.2) is 42.7 Å². The Morgan fingerprint density at radius 3 is 2.23 bits per heavy atom. The number of piperidine rings is 3. The zero-order chi connectivity index (χ0) is 48.3. The Bertz CT molecular complexity index is 2420. The number of anilines is 4. The molecule has 1 unspecified atom stereocenters. The fourth-order valence-electron chi connectivity index (χ4n) is 10.4. The molecule has 7 heterocycles. The number of aromatic nitrogens is 2. The summed E-state index contributed by atoms with van der Waals surface area (Å²) < 4.78 is 37.1. The Balaban J connectivity index is 0.657. The van der Waals surface area contributed by atoms with E-state index in [1.165, 1.54) is 12.1 Å².